The average molecular weight is 225 g/mol. The van der Waals surface area contributed by atoms with Crippen LogP contribution in [0.1, 0.15) is 40.5 Å². The normalized spacial score (nSPS) is 37.6. The largest absolute Gasteiger partial charge is 0.369 e. The summed E-state index contributed by atoms with van der Waals surface area (Å²) in [6.07, 6.45) is 1.66. The zero-order chi connectivity index (χ0) is 12.0. The van der Waals surface area contributed by atoms with Crippen molar-refractivity contribution in [2.75, 3.05) is 13.1 Å². The van der Waals surface area contributed by atoms with Crippen molar-refractivity contribution in [3.63, 3.8) is 0 Å². The van der Waals surface area contributed by atoms with Gasteiger partial charge in [0.05, 0.1) is 11.2 Å². The van der Waals surface area contributed by atoms with Crippen molar-refractivity contribution in [1.82, 2.24) is 5.32 Å². The zero-order valence-electron chi connectivity index (χ0n) is 10.8. The third-order valence-corrected chi connectivity index (χ3v) is 3.96. The van der Waals surface area contributed by atoms with Crippen LogP contribution in [-0.2, 0) is 9.53 Å². The standard InChI is InChI=1S/C13H23NO2/c1-12(2)7-10(13(3,4)16-12)9-8-14-6-5-11(9)15/h9-10,14H,5-8H2,1-4H3. The maximum absolute atomic E-state index is 12.0. The van der Waals surface area contributed by atoms with E-state index in [0.29, 0.717) is 18.1 Å². The van der Waals surface area contributed by atoms with Crippen molar-refractivity contribution >= 4 is 5.78 Å². The highest BCUT2D eigenvalue weighted by Crippen LogP contribution is 2.46. The summed E-state index contributed by atoms with van der Waals surface area (Å²) in [4.78, 5) is 12.0. The molecule has 2 rings (SSSR count). The molecule has 3 nitrogen and oxygen atoms in total. The number of hydrogen-bond donors (Lipinski definition) is 1. The lowest BCUT2D eigenvalue weighted by Gasteiger charge is -2.34. The van der Waals surface area contributed by atoms with Gasteiger partial charge in [0.25, 0.3) is 0 Å². The molecular formula is C13H23NO2. The first kappa shape index (κ1) is 12.1. The lowest BCUT2D eigenvalue weighted by molar-refractivity contribution is -0.129. The van der Waals surface area contributed by atoms with Gasteiger partial charge in [-0.1, -0.05) is 0 Å². The number of nitrogens with one attached hydrogen (secondary N) is 1. The van der Waals surface area contributed by atoms with Crippen LogP contribution < -0.4 is 5.32 Å². The Hall–Kier alpha value is -0.410. The number of carbonyl (C=O) groups excluding carboxylic acids is 1. The number of piperidine rings is 1. The molecule has 0 amide bonds. The van der Waals surface area contributed by atoms with E-state index < -0.39 is 0 Å². The molecule has 0 aliphatic carbocycles. The van der Waals surface area contributed by atoms with E-state index in [0.717, 1.165) is 19.5 Å². The highest BCUT2D eigenvalue weighted by atomic mass is 16.5. The molecule has 0 aromatic rings. The van der Waals surface area contributed by atoms with Crippen LogP contribution in [0.5, 0.6) is 0 Å². The van der Waals surface area contributed by atoms with Crippen LogP contribution in [0, 0.1) is 11.8 Å². The van der Waals surface area contributed by atoms with Crippen LogP contribution in [0.15, 0.2) is 0 Å². The van der Waals surface area contributed by atoms with E-state index in [1.165, 1.54) is 0 Å². The average Bonchev–Trinajstić information content (AvgIpc) is 2.35. The monoisotopic (exact) mass is 225 g/mol. The molecule has 16 heavy (non-hydrogen) atoms. The molecule has 0 radical (unpaired) electrons. The van der Waals surface area contributed by atoms with Crippen LogP contribution in [0.3, 0.4) is 0 Å². The lowest BCUT2D eigenvalue weighted by atomic mass is 9.74. The summed E-state index contributed by atoms with van der Waals surface area (Å²) in [6.45, 7) is 10.1. The number of carbonyl (C=O) groups is 1. The highest BCUT2D eigenvalue weighted by Gasteiger charge is 2.50. The van der Waals surface area contributed by atoms with Crippen LogP contribution in [0.2, 0.25) is 0 Å². The fourth-order valence-electron chi connectivity index (χ4n) is 3.37. The fourth-order valence-corrected chi connectivity index (χ4v) is 3.37. The van der Waals surface area contributed by atoms with Gasteiger partial charge >= 0.3 is 0 Å². The van der Waals surface area contributed by atoms with Gasteiger partial charge in [0.1, 0.15) is 5.78 Å². The number of rotatable bonds is 1. The van der Waals surface area contributed by atoms with Crippen molar-refractivity contribution in [2.24, 2.45) is 11.8 Å². The van der Waals surface area contributed by atoms with E-state index in [1.54, 1.807) is 0 Å². The van der Waals surface area contributed by atoms with Gasteiger partial charge in [0.2, 0.25) is 0 Å². The number of Topliss-reactive ketones (excluding diaryl/α,β-unsaturated/α-hetero) is 1. The molecule has 92 valence electrons. The van der Waals surface area contributed by atoms with E-state index in [-0.39, 0.29) is 17.1 Å². The predicted octanol–water partition coefficient (Wildman–Crippen LogP) is 1.76. The van der Waals surface area contributed by atoms with Crippen molar-refractivity contribution in [2.45, 2.75) is 51.7 Å². The summed E-state index contributed by atoms with van der Waals surface area (Å²) in [5, 5.41) is 3.33. The summed E-state index contributed by atoms with van der Waals surface area (Å²) in [5.41, 5.74) is -0.269. The van der Waals surface area contributed by atoms with Gasteiger partial charge in [0, 0.05) is 31.3 Å². The number of hydrogen-bond acceptors (Lipinski definition) is 3. The molecule has 2 atom stereocenters. The molecule has 0 saturated carbocycles. The Morgan fingerprint density at radius 2 is 2.00 bits per heavy atom. The maximum atomic E-state index is 12.0. The van der Waals surface area contributed by atoms with Gasteiger partial charge in [-0.05, 0) is 34.1 Å². The molecule has 2 unspecified atom stereocenters. The first-order valence-corrected chi connectivity index (χ1v) is 6.25. The second kappa shape index (κ2) is 3.81. The topological polar surface area (TPSA) is 38.3 Å². The number of ether oxygens (including phenoxy) is 1. The van der Waals surface area contributed by atoms with Crippen molar-refractivity contribution in [3.8, 4) is 0 Å². The molecule has 3 heteroatoms. The smallest absolute Gasteiger partial charge is 0.138 e. The van der Waals surface area contributed by atoms with Crippen molar-refractivity contribution in [3.05, 3.63) is 0 Å². The second-order valence-corrected chi connectivity index (χ2v) is 6.30. The molecule has 2 saturated heterocycles. The molecule has 2 aliphatic rings. The van der Waals surface area contributed by atoms with Gasteiger partial charge in [-0.3, -0.25) is 4.79 Å². The molecular weight excluding hydrogens is 202 g/mol. The van der Waals surface area contributed by atoms with Crippen LogP contribution in [-0.4, -0.2) is 30.1 Å². The fraction of sp³-hybridized carbons (Fsp3) is 0.923. The molecule has 0 spiro atoms. The Bertz CT molecular complexity index is 296. The van der Waals surface area contributed by atoms with Crippen molar-refractivity contribution in [1.29, 1.82) is 0 Å². The van der Waals surface area contributed by atoms with Gasteiger partial charge in [-0.25, -0.2) is 0 Å². The minimum Gasteiger partial charge on any atom is -0.369 e. The molecule has 2 aliphatic heterocycles. The van der Waals surface area contributed by atoms with Crippen molar-refractivity contribution < 1.29 is 9.53 Å². The highest BCUT2D eigenvalue weighted by molar-refractivity contribution is 5.82. The summed E-state index contributed by atoms with van der Waals surface area (Å²) in [7, 11) is 0. The predicted molar refractivity (Wildman–Crippen MR) is 63.3 cm³/mol. The lowest BCUT2D eigenvalue weighted by Crippen LogP contribution is -2.45. The third-order valence-electron chi connectivity index (χ3n) is 3.96. The summed E-state index contributed by atoms with van der Waals surface area (Å²) in [6, 6.07) is 0. The molecule has 0 aromatic heterocycles. The van der Waals surface area contributed by atoms with Gasteiger partial charge in [-0.15, -0.1) is 0 Å². The van der Waals surface area contributed by atoms with Gasteiger partial charge in [0.15, 0.2) is 0 Å². The van der Waals surface area contributed by atoms with E-state index in [2.05, 4.69) is 33.0 Å². The first-order chi connectivity index (χ1) is 7.32. The zero-order valence-corrected chi connectivity index (χ0v) is 10.8. The molecule has 0 bridgehead atoms. The molecule has 2 heterocycles. The van der Waals surface area contributed by atoms with E-state index in [1.807, 2.05) is 0 Å². The minimum atomic E-state index is -0.178. The van der Waals surface area contributed by atoms with Crippen LogP contribution in [0.4, 0.5) is 0 Å². The SMILES string of the molecule is CC1(C)CC(C2CNCCC2=O)C(C)(C)O1. The summed E-state index contributed by atoms with van der Waals surface area (Å²) >= 11 is 0. The Morgan fingerprint density at radius 1 is 1.31 bits per heavy atom. The minimum absolute atomic E-state index is 0.0914. The number of ketones is 1. The molecule has 2 fully saturated rings. The first-order valence-electron chi connectivity index (χ1n) is 6.25. The van der Waals surface area contributed by atoms with E-state index in [9.17, 15) is 4.79 Å². The van der Waals surface area contributed by atoms with Gasteiger partial charge in [-0.2, -0.15) is 0 Å². The van der Waals surface area contributed by atoms with Gasteiger partial charge < -0.3 is 10.1 Å². The third kappa shape index (κ3) is 2.16. The Balaban J connectivity index is 2.17. The second-order valence-electron chi connectivity index (χ2n) is 6.30. The molecule has 1 N–H and O–H groups in total. The summed E-state index contributed by atoms with van der Waals surface area (Å²) < 4.78 is 6.07. The van der Waals surface area contributed by atoms with Crippen LogP contribution in [0.25, 0.3) is 0 Å². The Kier molecular flexibility index (Phi) is 2.87. The Morgan fingerprint density at radius 3 is 2.50 bits per heavy atom. The van der Waals surface area contributed by atoms with E-state index in [4.69, 9.17) is 4.74 Å². The molecule has 0 aromatic carbocycles. The van der Waals surface area contributed by atoms with E-state index >= 15 is 0 Å². The Labute approximate surface area is 97.9 Å². The van der Waals surface area contributed by atoms with Crippen LogP contribution >= 0.6 is 0 Å². The summed E-state index contributed by atoms with van der Waals surface area (Å²) in [5.74, 6) is 0.909. The quantitative estimate of drug-likeness (QED) is 0.739. The maximum Gasteiger partial charge on any atom is 0.138 e.